The molecule has 0 radical (unpaired) electrons. The van der Waals surface area contributed by atoms with Crippen molar-refractivity contribution >= 4 is 23.0 Å². The number of aryl methyl sites for hydroxylation is 1. The van der Waals surface area contributed by atoms with E-state index in [0.717, 1.165) is 65.0 Å². The summed E-state index contributed by atoms with van der Waals surface area (Å²) in [6.07, 6.45) is 6.88. The Hall–Kier alpha value is -4.05. The van der Waals surface area contributed by atoms with Gasteiger partial charge in [0.2, 0.25) is 12.1 Å². The summed E-state index contributed by atoms with van der Waals surface area (Å²) in [5.74, 6) is 1.13. The minimum absolute atomic E-state index is 0.0820. The lowest BCUT2D eigenvalue weighted by Gasteiger charge is -2.21. The van der Waals surface area contributed by atoms with E-state index in [-0.39, 0.29) is 23.4 Å². The van der Waals surface area contributed by atoms with E-state index >= 15 is 0 Å². The number of carbonyl (C=O) groups is 1. The monoisotopic (exact) mass is 584 g/mol. The maximum Gasteiger partial charge on any atom is 0.263 e. The summed E-state index contributed by atoms with van der Waals surface area (Å²) in [4.78, 5) is 36.0. The van der Waals surface area contributed by atoms with Gasteiger partial charge in [-0.2, -0.15) is 5.10 Å². The number of fused-ring (bicyclic) bond motifs is 2. The zero-order valence-corrected chi connectivity index (χ0v) is 26.6. The van der Waals surface area contributed by atoms with E-state index in [2.05, 4.69) is 69.8 Å². The number of imidazole rings is 1. The molecule has 1 aromatic carbocycles. The molecule has 0 spiro atoms. The van der Waals surface area contributed by atoms with Crippen LogP contribution in [0, 0.1) is 12.3 Å². The molecule has 0 saturated carbocycles. The van der Waals surface area contributed by atoms with Gasteiger partial charge >= 0.3 is 0 Å². The Morgan fingerprint density at radius 2 is 1.93 bits per heavy atom. The average Bonchev–Trinajstić information content (AvgIpc) is 3.71. The molecular weight excluding hydrogens is 540 g/mol. The molecule has 4 heterocycles. The van der Waals surface area contributed by atoms with Gasteiger partial charge in [-0.15, -0.1) is 5.48 Å². The van der Waals surface area contributed by atoms with Crippen LogP contribution in [0.15, 0.2) is 41.7 Å². The van der Waals surface area contributed by atoms with Gasteiger partial charge in [0, 0.05) is 28.9 Å². The zero-order chi connectivity index (χ0) is 30.9. The molecule has 10 nitrogen and oxygen atoms in total. The molecule has 10 heteroatoms. The quantitative estimate of drug-likeness (QED) is 0.227. The summed E-state index contributed by atoms with van der Waals surface area (Å²) >= 11 is 0. The molecule has 43 heavy (non-hydrogen) atoms. The number of carbonyl (C=O) groups excluding carboxylic acids is 1. The molecule has 4 aromatic rings. The minimum atomic E-state index is -0.744. The number of pyridine rings is 1. The Morgan fingerprint density at radius 3 is 2.63 bits per heavy atom. The number of aromatic nitrogens is 5. The summed E-state index contributed by atoms with van der Waals surface area (Å²) in [6.45, 7) is 16.3. The highest BCUT2D eigenvalue weighted by Gasteiger charge is 2.33. The van der Waals surface area contributed by atoms with Crippen LogP contribution in [0.25, 0.3) is 33.7 Å². The average molecular weight is 585 g/mol. The van der Waals surface area contributed by atoms with Crippen molar-refractivity contribution in [3.05, 3.63) is 53.5 Å². The normalized spacial score (nSPS) is 18.4. The highest BCUT2D eigenvalue weighted by atomic mass is 16.7. The van der Waals surface area contributed by atoms with Crippen molar-refractivity contribution in [1.29, 1.82) is 0 Å². The van der Waals surface area contributed by atoms with Gasteiger partial charge in [0.15, 0.2) is 5.65 Å². The first-order chi connectivity index (χ1) is 20.6. The second-order valence-corrected chi connectivity index (χ2v) is 12.4. The first-order valence-corrected chi connectivity index (χ1v) is 15.4. The van der Waals surface area contributed by atoms with Crippen LogP contribution >= 0.6 is 0 Å². The van der Waals surface area contributed by atoms with Crippen LogP contribution in [-0.2, 0) is 16.1 Å². The molecule has 0 fully saturated rings. The Labute approximate surface area is 253 Å². The smallest absolute Gasteiger partial charge is 0.263 e. The molecule has 6 rings (SSSR count). The molecule has 3 aromatic heterocycles. The second kappa shape index (κ2) is 12.3. The van der Waals surface area contributed by atoms with Crippen molar-refractivity contribution in [3.8, 4) is 22.5 Å². The van der Waals surface area contributed by atoms with Crippen LogP contribution < -0.4 is 10.8 Å². The number of hydroxylamine groups is 1. The van der Waals surface area contributed by atoms with E-state index in [1.54, 1.807) is 0 Å². The third-order valence-corrected chi connectivity index (χ3v) is 7.92. The van der Waals surface area contributed by atoms with Crippen molar-refractivity contribution in [3.63, 3.8) is 0 Å². The molecule has 228 valence electrons. The Morgan fingerprint density at radius 1 is 1.14 bits per heavy atom. The molecular formula is C33H44N8O2. The number of aliphatic imine (C=N–C) groups is 1. The van der Waals surface area contributed by atoms with Gasteiger partial charge in [-0.25, -0.2) is 15.0 Å². The number of benzene rings is 1. The van der Waals surface area contributed by atoms with E-state index < -0.39 is 6.17 Å². The summed E-state index contributed by atoms with van der Waals surface area (Å²) in [6, 6.07) is 8.76. The molecule has 2 unspecified atom stereocenters. The molecule has 3 N–H and O–H groups in total. The van der Waals surface area contributed by atoms with E-state index in [1.807, 2.05) is 57.8 Å². The van der Waals surface area contributed by atoms with Gasteiger partial charge in [-0.1, -0.05) is 59.2 Å². The standard InChI is InChI=1S/C31H38N8O2.C2H6/c1-17(2)39-18(3)23(16-33-39)26-35-25-22(13-14-32-27(25)36-26)20-11-12-21-19(15-20)9-7-8-10-24(21)34-29(40)28-37-30(41-38-28)31(4,5)6;1-2/h11-17,24,28,38H,7-10H2,1-6H3,(H,34,40)(H,32,35,36);1-2H3. The third kappa shape index (κ3) is 6.06. The molecule has 2 aliphatic rings. The van der Waals surface area contributed by atoms with Crippen molar-refractivity contribution in [2.75, 3.05) is 0 Å². The van der Waals surface area contributed by atoms with Crippen molar-refractivity contribution in [2.45, 2.75) is 99.3 Å². The van der Waals surface area contributed by atoms with Gasteiger partial charge in [0.05, 0.1) is 23.3 Å². The van der Waals surface area contributed by atoms with Gasteiger partial charge in [0.25, 0.3) is 5.91 Å². The van der Waals surface area contributed by atoms with Gasteiger partial charge in [-0.3, -0.25) is 9.48 Å². The van der Waals surface area contributed by atoms with Crippen LogP contribution in [0.2, 0.25) is 0 Å². The highest BCUT2D eigenvalue weighted by molar-refractivity contribution is 5.92. The number of nitrogens with zero attached hydrogens (tertiary/aromatic N) is 5. The van der Waals surface area contributed by atoms with Crippen LogP contribution in [-0.4, -0.2) is 42.7 Å². The lowest BCUT2D eigenvalue weighted by Crippen LogP contribution is -2.41. The van der Waals surface area contributed by atoms with Crippen LogP contribution in [0.5, 0.6) is 0 Å². The predicted octanol–water partition coefficient (Wildman–Crippen LogP) is 6.59. The number of H-pyrrole nitrogens is 1. The van der Waals surface area contributed by atoms with Crippen LogP contribution in [0.3, 0.4) is 0 Å². The summed E-state index contributed by atoms with van der Waals surface area (Å²) in [7, 11) is 0. The lowest BCUT2D eigenvalue weighted by molar-refractivity contribution is -0.125. The first-order valence-electron chi connectivity index (χ1n) is 15.4. The molecule has 2 atom stereocenters. The Bertz CT molecular complexity index is 1640. The first kappa shape index (κ1) is 30.4. The van der Waals surface area contributed by atoms with E-state index in [1.165, 1.54) is 5.56 Å². The van der Waals surface area contributed by atoms with E-state index in [9.17, 15) is 4.79 Å². The maximum absolute atomic E-state index is 13.1. The maximum atomic E-state index is 13.1. The number of hydrogen-bond acceptors (Lipinski definition) is 7. The molecule has 1 amide bonds. The van der Waals surface area contributed by atoms with E-state index in [4.69, 9.17) is 9.82 Å². The van der Waals surface area contributed by atoms with Crippen molar-refractivity contribution in [2.24, 2.45) is 10.4 Å². The van der Waals surface area contributed by atoms with E-state index in [0.29, 0.717) is 11.5 Å². The number of hydrogen-bond donors (Lipinski definition) is 3. The van der Waals surface area contributed by atoms with Crippen LogP contribution in [0.4, 0.5) is 0 Å². The summed E-state index contributed by atoms with van der Waals surface area (Å²) in [5.41, 5.74) is 10.7. The topological polar surface area (TPSA) is 122 Å². The number of amides is 1. The Balaban J connectivity index is 0.00000180. The van der Waals surface area contributed by atoms with Gasteiger partial charge in [-0.05, 0) is 62.8 Å². The fraction of sp³-hybridized carbons (Fsp3) is 0.485. The molecule has 0 saturated heterocycles. The lowest BCUT2D eigenvalue weighted by atomic mass is 9.94. The SMILES string of the molecule is CC.Cc1c(-c2nc3nccc(-c4ccc5c(c4)CCCCC5NC(=O)C4N=C(C(C)(C)C)ON4)c3[nH]2)cnn1C(C)C. The highest BCUT2D eigenvalue weighted by Crippen LogP contribution is 2.35. The fourth-order valence-electron chi connectivity index (χ4n) is 5.75. The fourth-order valence-corrected chi connectivity index (χ4v) is 5.75. The molecule has 1 aliphatic carbocycles. The molecule has 1 aliphatic heterocycles. The second-order valence-electron chi connectivity index (χ2n) is 12.4. The molecule has 0 bridgehead atoms. The van der Waals surface area contributed by atoms with Crippen molar-refractivity contribution < 1.29 is 9.63 Å². The van der Waals surface area contributed by atoms with Gasteiger partial charge < -0.3 is 15.1 Å². The third-order valence-electron chi connectivity index (χ3n) is 7.92. The van der Waals surface area contributed by atoms with Gasteiger partial charge in [0.1, 0.15) is 5.82 Å². The number of nitrogens with one attached hydrogen (secondary N) is 3. The summed E-state index contributed by atoms with van der Waals surface area (Å²) in [5, 5.41) is 7.79. The predicted molar refractivity (Wildman–Crippen MR) is 170 cm³/mol. The summed E-state index contributed by atoms with van der Waals surface area (Å²) < 4.78 is 2.00. The Kier molecular flexibility index (Phi) is 8.69. The minimum Gasteiger partial charge on any atom is -0.390 e. The number of aromatic amines is 1. The number of rotatable bonds is 5. The van der Waals surface area contributed by atoms with Crippen molar-refractivity contribution in [1.82, 2.24) is 35.5 Å². The zero-order valence-electron chi connectivity index (χ0n) is 26.6. The van der Waals surface area contributed by atoms with Crippen LogP contribution in [0.1, 0.15) is 96.6 Å². The largest absolute Gasteiger partial charge is 0.390 e.